The molecule has 0 aromatic heterocycles. The summed E-state index contributed by atoms with van der Waals surface area (Å²) >= 11 is 16.2. The van der Waals surface area contributed by atoms with Crippen molar-refractivity contribution in [3.63, 3.8) is 0 Å². The van der Waals surface area contributed by atoms with Crippen molar-refractivity contribution in [1.29, 1.82) is 0 Å². The van der Waals surface area contributed by atoms with Gasteiger partial charge in [0.05, 0.1) is 0 Å². The lowest BCUT2D eigenvalue weighted by Crippen LogP contribution is -2.18. The van der Waals surface area contributed by atoms with Gasteiger partial charge in [0.2, 0.25) is 0 Å². The van der Waals surface area contributed by atoms with E-state index in [9.17, 15) is 0 Å². The van der Waals surface area contributed by atoms with Gasteiger partial charge in [0.1, 0.15) is 0 Å². The zero-order chi connectivity index (χ0) is 7.65. The molecule has 0 saturated heterocycles. The summed E-state index contributed by atoms with van der Waals surface area (Å²) in [6, 6.07) is 0.325. The molecule has 0 fully saturated rings. The minimum atomic E-state index is -2.20. The van der Waals surface area contributed by atoms with Crippen molar-refractivity contribution < 1.29 is 0 Å². The Labute approximate surface area is 71.0 Å². The van der Waals surface area contributed by atoms with Crippen LogP contribution in [0.4, 0.5) is 0 Å². The Bertz CT molecular complexity index is 133. The maximum absolute atomic E-state index is 5.70. The van der Waals surface area contributed by atoms with Crippen LogP contribution in [0.15, 0.2) is 0 Å². The molecular weight excluding hydrogens is 196 g/mol. The highest BCUT2D eigenvalue weighted by Crippen LogP contribution is 2.60. The first-order valence-corrected chi connectivity index (χ1v) is 7.15. The monoisotopic (exact) mass is 205 g/mol. The minimum absolute atomic E-state index is 0.325. The van der Waals surface area contributed by atoms with Gasteiger partial charge in [-0.25, -0.2) is 0 Å². The van der Waals surface area contributed by atoms with E-state index >= 15 is 0 Å². The zero-order valence-electron chi connectivity index (χ0n) is 5.64. The molecule has 1 nitrogen and oxygen atoms in total. The van der Waals surface area contributed by atoms with Gasteiger partial charge in [-0.3, -0.25) is 4.67 Å². The second kappa shape index (κ2) is 3.54. The van der Waals surface area contributed by atoms with Crippen molar-refractivity contribution in [2.45, 2.75) is 19.9 Å². The average molecular weight is 206 g/mol. The zero-order valence-corrected chi connectivity index (χ0v) is 8.86. The fraction of sp³-hybridized carbons (Fsp3) is 1.00. The third kappa shape index (κ3) is 3.79. The molecule has 0 aromatic rings. The molecule has 0 aromatic carbocycles. The van der Waals surface area contributed by atoms with Crippen LogP contribution in [0.25, 0.3) is 0 Å². The molecule has 0 aliphatic rings. The van der Waals surface area contributed by atoms with Crippen LogP contribution in [-0.2, 0) is 11.8 Å². The van der Waals surface area contributed by atoms with E-state index in [1.165, 1.54) is 0 Å². The van der Waals surface area contributed by atoms with Gasteiger partial charge in [-0.05, 0) is 32.7 Å². The van der Waals surface area contributed by atoms with Gasteiger partial charge >= 0.3 is 0 Å². The maximum Gasteiger partial charge on any atom is 0.183 e. The maximum atomic E-state index is 5.70. The van der Waals surface area contributed by atoms with Crippen molar-refractivity contribution in [1.82, 2.24) is 4.67 Å². The summed E-state index contributed by atoms with van der Waals surface area (Å²) in [5, 5.41) is 0. The summed E-state index contributed by atoms with van der Waals surface area (Å²) in [4.78, 5) is -2.20. The van der Waals surface area contributed by atoms with E-state index < -0.39 is 4.89 Å². The fourth-order valence-electron chi connectivity index (χ4n) is 0.269. The highest BCUT2D eigenvalue weighted by Gasteiger charge is 2.17. The van der Waals surface area contributed by atoms with Gasteiger partial charge in [-0.1, -0.05) is 22.5 Å². The van der Waals surface area contributed by atoms with Gasteiger partial charge in [-0.2, -0.15) is 0 Å². The molecule has 0 saturated carbocycles. The standard InChI is InChI=1S/C4H10Cl2NPS/c1-4(2)7(3)8(5,6)9/h4H,1-3H3. The second-order valence-electron chi connectivity index (χ2n) is 2.10. The Hall–Kier alpha value is 1.19. The number of nitrogens with zero attached hydrogens (tertiary/aromatic N) is 1. The molecule has 0 amide bonds. The van der Waals surface area contributed by atoms with Crippen LogP contribution in [0.1, 0.15) is 13.8 Å². The number of hydrogen-bond acceptors (Lipinski definition) is 1. The molecule has 0 radical (unpaired) electrons. The van der Waals surface area contributed by atoms with E-state index in [0.29, 0.717) is 6.04 Å². The number of hydrogen-bond donors (Lipinski definition) is 0. The van der Waals surface area contributed by atoms with E-state index in [4.69, 9.17) is 34.3 Å². The molecule has 0 unspecified atom stereocenters. The summed E-state index contributed by atoms with van der Waals surface area (Å²) in [5.74, 6) is 0. The third-order valence-corrected chi connectivity index (χ3v) is 4.51. The van der Waals surface area contributed by atoms with E-state index in [2.05, 4.69) is 0 Å². The van der Waals surface area contributed by atoms with Crippen molar-refractivity contribution in [3.05, 3.63) is 0 Å². The largest absolute Gasteiger partial charge is 0.252 e. The van der Waals surface area contributed by atoms with Gasteiger partial charge < -0.3 is 0 Å². The summed E-state index contributed by atoms with van der Waals surface area (Å²) in [5.41, 5.74) is 0. The molecule has 0 rings (SSSR count). The van der Waals surface area contributed by atoms with Crippen molar-refractivity contribution in [3.8, 4) is 0 Å². The van der Waals surface area contributed by atoms with Gasteiger partial charge in [0.15, 0.2) is 4.89 Å². The van der Waals surface area contributed by atoms with Crippen LogP contribution in [0.2, 0.25) is 0 Å². The molecule has 9 heavy (non-hydrogen) atoms. The normalized spacial score (nSPS) is 13.2. The van der Waals surface area contributed by atoms with Crippen LogP contribution >= 0.6 is 27.4 Å². The second-order valence-corrected chi connectivity index (χ2v) is 9.85. The molecule has 0 N–H and O–H groups in total. The Morgan fingerprint density at radius 3 is 1.78 bits per heavy atom. The molecule has 0 aliphatic heterocycles. The lowest BCUT2D eigenvalue weighted by atomic mass is 10.4. The highest BCUT2D eigenvalue weighted by molar-refractivity contribution is 8.37. The first-order chi connectivity index (χ1) is 3.85. The molecule has 0 spiro atoms. The molecule has 0 heterocycles. The highest BCUT2D eigenvalue weighted by atomic mass is 35.9. The third-order valence-electron chi connectivity index (χ3n) is 1.11. The van der Waals surface area contributed by atoms with Gasteiger partial charge in [0, 0.05) is 6.04 Å². The van der Waals surface area contributed by atoms with E-state index in [1.54, 1.807) is 0 Å². The van der Waals surface area contributed by atoms with Crippen molar-refractivity contribution in [2.24, 2.45) is 0 Å². The lowest BCUT2D eigenvalue weighted by Gasteiger charge is -2.23. The molecular formula is C4H10Cl2NPS. The van der Waals surface area contributed by atoms with Crippen LogP contribution in [0.5, 0.6) is 0 Å². The van der Waals surface area contributed by atoms with E-state index in [1.807, 2.05) is 25.6 Å². The van der Waals surface area contributed by atoms with Crippen molar-refractivity contribution in [2.75, 3.05) is 7.05 Å². The van der Waals surface area contributed by atoms with E-state index in [-0.39, 0.29) is 0 Å². The summed E-state index contributed by atoms with van der Waals surface area (Å²) in [7, 11) is 1.84. The Kier molecular flexibility index (Phi) is 4.01. The lowest BCUT2D eigenvalue weighted by molar-refractivity contribution is 0.462. The van der Waals surface area contributed by atoms with Crippen LogP contribution in [0, 0.1) is 0 Å². The smallest absolute Gasteiger partial charge is 0.183 e. The quantitative estimate of drug-likeness (QED) is 0.639. The first-order valence-electron chi connectivity index (χ1n) is 2.58. The summed E-state index contributed by atoms with van der Waals surface area (Å²) < 4.78 is 1.81. The number of rotatable bonds is 2. The Morgan fingerprint density at radius 1 is 1.44 bits per heavy atom. The molecule has 0 aliphatic carbocycles. The fourth-order valence-corrected chi connectivity index (χ4v) is 2.42. The van der Waals surface area contributed by atoms with Crippen LogP contribution < -0.4 is 0 Å². The Balaban J connectivity index is 4.05. The topological polar surface area (TPSA) is 3.24 Å². The molecule has 56 valence electrons. The predicted molar refractivity (Wildman–Crippen MR) is 48.9 cm³/mol. The predicted octanol–water partition coefficient (Wildman–Crippen LogP) is 3.03. The van der Waals surface area contributed by atoms with Gasteiger partial charge in [0.25, 0.3) is 0 Å². The average Bonchev–Trinajstić information content (AvgIpc) is 1.62. The van der Waals surface area contributed by atoms with Crippen LogP contribution in [-0.4, -0.2) is 17.8 Å². The minimum Gasteiger partial charge on any atom is -0.252 e. The summed E-state index contributed by atoms with van der Waals surface area (Å²) in [6.07, 6.45) is 0. The summed E-state index contributed by atoms with van der Waals surface area (Å²) in [6.45, 7) is 4.01. The van der Waals surface area contributed by atoms with Gasteiger partial charge in [-0.15, -0.1) is 0 Å². The molecule has 0 atom stereocenters. The first kappa shape index (κ1) is 10.2. The number of halogens is 2. The molecule has 0 bridgehead atoms. The molecule has 5 heteroatoms. The van der Waals surface area contributed by atoms with Crippen LogP contribution in [0.3, 0.4) is 0 Å². The Morgan fingerprint density at radius 2 is 1.78 bits per heavy atom. The van der Waals surface area contributed by atoms with E-state index in [0.717, 1.165) is 0 Å². The van der Waals surface area contributed by atoms with Crippen molar-refractivity contribution >= 4 is 39.2 Å². The SMILES string of the molecule is CC(C)N(C)P(=S)(Cl)Cl.